The molecule has 14 heteroatoms. The van der Waals surface area contributed by atoms with Gasteiger partial charge in [-0.25, -0.2) is 0 Å². The lowest BCUT2D eigenvalue weighted by Gasteiger charge is -2.31. The summed E-state index contributed by atoms with van der Waals surface area (Å²) in [6.45, 7) is 0. The van der Waals surface area contributed by atoms with Gasteiger partial charge in [0.15, 0.2) is 0 Å². The van der Waals surface area contributed by atoms with Crippen LogP contribution < -0.4 is 9.47 Å². The van der Waals surface area contributed by atoms with Crippen LogP contribution in [0.25, 0.3) is 0 Å². The zero-order valence-electron chi connectivity index (χ0n) is 23.0. The number of hydrogen-bond acceptors (Lipinski definition) is 6. The molecule has 4 aromatic rings. The fourth-order valence-corrected chi connectivity index (χ4v) is 5.54. The van der Waals surface area contributed by atoms with Gasteiger partial charge in [0.05, 0.1) is 9.85 Å². The van der Waals surface area contributed by atoms with E-state index in [9.17, 15) is 46.6 Å². The Morgan fingerprint density at radius 3 is 1.24 bits per heavy atom. The van der Waals surface area contributed by atoms with Gasteiger partial charge in [-0.1, -0.05) is 37.1 Å². The quantitative estimate of drug-likeness (QED) is 0.109. The molecule has 1 aliphatic carbocycles. The highest BCUT2D eigenvalue weighted by molar-refractivity contribution is 5.50. The maximum Gasteiger partial charge on any atom is 0.420 e. The second-order valence-corrected chi connectivity index (χ2v) is 10.4. The first-order valence-electron chi connectivity index (χ1n) is 13.5. The fourth-order valence-electron chi connectivity index (χ4n) is 5.54. The Kier molecular flexibility index (Phi) is 8.17. The van der Waals surface area contributed by atoms with Crippen LogP contribution in [0, 0.1) is 20.2 Å². The number of ether oxygens (including phenoxy) is 2. The van der Waals surface area contributed by atoms with Crippen LogP contribution in [-0.4, -0.2) is 9.85 Å². The van der Waals surface area contributed by atoms with Crippen molar-refractivity contribution >= 4 is 11.4 Å². The summed E-state index contributed by atoms with van der Waals surface area (Å²) in [4.78, 5) is 20.1. The summed E-state index contributed by atoms with van der Waals surface area (Å²) >= 11 is 0. The number of alkyl halides is 6. The van der Waals surface area contributed by atoms with Gasteiger partial charge < -0.3 is 9.47 Å². The maximum absolute atomic E-state index is 13.6. The molecule has 1 aliphatic rings. The van der Waals surface area contributed by atoms with Gasteiger partial charge >= 0.3 is 12.4 Å². The summed E-state index contributed by atoms with van der Waals surface area (Å²) in [5.74, 6) is -1.01. The van der Waals surface area contributed by atoms with Crippen molar-refractivity contribution in [1.82, 2.24) is 0 Å². The van der Waals surface area contributed by atoms with Crippen LogP contribution >= 0.6 is 0 Å². The number of nitrogens with zero attached hydrogens (tertiary/aromatic N) is 2. The molecule has 0 N–H and O–H groups in total. The van der Waals surface area contributed by atoms with Gasteiger partial charge in [-0.2, -0.15) is 26.3 Å². The smallest absolute Gasteiger partial charge is 0.420 e. The molecule has 0 bridgehead atoms. The summed E-state index contributed by atoms with van der Waals surface area (Å²) in [6, 6.07) is 17.3. The molecule has 0 saturated heterocycles. The van der Waals surface area contributed by atoms with Crippen LogP contribution in [0.15, 0.2) is 84.9 Å². The van der Waals surface area contributed by atoms with E-state index in [0.717, 1.165) is 61.1 Å². The molecular weight excluding hydrogens is 610 g/mol. The van der Waals surface area contributed by atoms with Crippen molar-refractivity contribution in [3.05, 3.63) is 127 Å². The normalized spacial score (nSPS) is 14.6. The third-order valence-electron chi connectivity index (χ3n) is 7.69. The lowest BCUT2D eigenvalue weighted by atomic mass is 9.73. The Balaban J connectivity index is 1.39. The molecule has 8 nitrogen and oxygen atoms in total. The first kappa shape index (κ1) is 31.3. The Hall–Kier alpha value is -5.14. The number of nitro groups is 2. The minimum atomic E-state index is -4.89. The van der Waals surface area contributed by atoms with Gasteiger partial charge in [-0.3, -0.25) is 20.2 Å². The van der Waals surface area contributed by atoms with Gasteiger partial charge in [-0.15, -0.1) is 0 Å². The lowest BCUT2D eigenvalue weighted by molar-refractivity contribution is -0.385. The number of benzene rings is 4. The average Bonchev–Trinajstić information content (AvgIpc) is 3.48. The molecule has 0 spiro atoms. The lowest BCUT2D eigenvalue weighted by Crippen LogP contribution is -2.23. The van der Waals surface area contributed by atoms with Crippen molar-refractivity contribution in [2.24, 2.45) is 0 Å². The van der Waals surface area contributed by atoms with Crippen molar-refractivity contribution in [2.45, 2.75) is 43.5 Å². The van der Waals surface area contributed by atoms with Crippen molar-refractivity contribution < 1.29 is 45.7 Å². The maximum atomic E-state index is 13.6. The Bertz CT molecular complexity index is 1610. The van der Waals surface area contributed by atoms with E-state index in [4.69, 9.17) is 9.47 Å². The van der Waals surface area contributed by atoms with Gasteiger partial charge in [-0.05, 0) is 60.4 Å². The van der Waals surface area contributed by atoms with Crippen molar-refractivity contribution in [2.75, 3.05) is 0 Å². The van der Waals surface area contributed by atoms with Crippen LogP contribution in [0.1, 0.15) is 47.9 Å². The highest BCUT2D eigenvalue weighted by Gasteiger charge is 2.39. The predicted octanol–water partition coefficient (Wildman–Crippen LogP) is 9.99. The van der Waals surface area contributed by atoms with Crippen LogP contribution in [0.3, 0.4) is 0 Å². The molecule has 0 atom stereocenters. The second-order valence-electron chi connectivity index (χ2n) is 10.4. The van der Waals surface area contributed by atoms with E-state index in [2.05, 4.69) is 0 Å². The van der Waals surface area contributed by atoms with E-state index in [1.54, 1.807) is 24.3 Å². The van der Waals surface area contributed by atoms with Crippen LogP contribution in [0.4, 0.5) is 37.7 Å². The number of hydrogen-bond donors (Lipinski definition) is 0. The van der Waals surface area contributed by atoms with Gasteiger partial charge in [0.1, 0.15) is 34.1 Å². The third-order valence-corrected chi connectivity index (χ3v) is 7.69. The Labute approximate surface area is 251 Å². The Morgan fingerprint density at radius 1 is 0.578 bits per heavy atom. The standard InChI is InChI=1S/C31H22F6N2O6/c32-30(33,34)25-17-21(38(40)41)7-13-27(25)44-23-9-3-19(4-10-23)29(15-1-2-16-29)20-5-11-24(12-6-20)45-28-14-8-22(39(42)43)18-26(28)31(35,36)37/h3-14,17-18H,1-2,15-16H2. The van der Waals surface area contributed by atoms with E-state index >= 15 is 0 Å². The average molecular weight is 633 g/mol. The summed E-state index contributed by atoms with van der Waals surface area (Å²) in [5, 5.41) is 21.9. The molecule has 0 heterocycles. The molecular formula is C31H22F6N2O6. The third kappa shape index (κ3) is 6.54. The predicted molar refractivity (Wildman–Crippen MR) is 148 cm³/mol. The topological polar surface area (TPSA) is 105 Å². The number of non-ortho nitro benzene ring substituents is 2. The first-order chi connectivity index (χ1) is 21.2. The molecule has 45 heavy (non-hydrogen) atoms. The van der Waals surface area contributed by atoms with Crippen molar-refractivity contribution in [1.29, 1.82) is 0 Å². The zero-order chi connectivity index (χ0) is 32.6. The van der Waals surface area contributed by atoms with Gasteiger partial charge in [0, 0.05) is 29.7 Å². The molecule has 0 amide bonds. The summed E-state index contributed by atoms with van der Waals surface area (Å²) in [6.07, 6.45) is -6.56. The minimum Gasteiger partial charge on any atom is -0.457 e. The summed E-state index contributed by atoms with van der Waals surface area (Å²) < 4.78 is 92.4. The number of nitro benzene ring substituents is 2. The van der Waals surface area contributed by atoms with Crippen LogP contribution in [0.5, 0.6) is 23.0 Å². The summed E-state index contributed by atoms with van der Waals surface area (Å²) in [7, 11) is 0. The summed E-state index contributed by atoms with van der Waals surface area (Å²) in [5.41, 5.74) is -2.83. The molecule has 0 radical (unpaired) electrons. The second kappa shape index (κ2) is 11.7. The monoisotopic (exact) mass is 632 g/mol. The van der Waals surface area contributed by atoms with Gasteiger partial charge in [0.2, 0.25) is 0 Å². The van der Waals surface area contributed by atoms with E-state index in [1.807, 2.05) is 0 Å². The van der Waals surface area contributed by atoms with E-state index in [0.29, 0.717) is 12.1 Å². The largest absolute Gasteiger partial charge is 0.457 e. The molecule has 5 rings (SSSR count). The molecule has 0 unspecified atom stereocenters. The zero-order valence-corrected chi connectivity index (χ0v) is 23.0. The van der Waals surface area contributed by atoms with E-state index in [1.165, 1.54) is 24.3 Å². The molecule has 0 aromatic heterocycles. The van der Waals surface area contributed by atoms with Gasteiger partial charge in [0.25, 0.3) is 11.4 Å². The number of rotatable bonds is 8. The Morgan fingerprint density at radius 2 is 0.933 bits per heavy atom. The molecule has 1 saturated carbocycles. The van der Waals surface area contributed by atoms with Crippen molar-refractivity contribution in [3.8, 4) is 23.0 Å². The van der Waals surface area contributed by atoms with Crippen molar-refractivity contribution in [3.63, 3.8) is 0 Å². The SMILES string of the molecule is O=[N+]([O-])c1ccc(Oc2ccc(C3(c4ccc(Oc5ccc([N+](=O)[O-])cc5C(F)(F)F)cc4)CCCC3)cc2)c(C(F)(F)F)c1. The van der Waals surface area contributed by atoms with E-state index in [-0.39, 0.29) is 11.5 Å². The first-order valence-corrected chi connectivity index (χ1v) is 13.5. The van der Waals surface area contributed by atoms with E-state index < -0.39 is 61.6 Å². The minimum absolute atomic E-state index is 0.0820. The molecule has 234 valence electrons. The highest BCUT2D eigenvalue weighted by Crippen LogP contribution is 2.48. The van der Waals surface area contributed by atoms with Crippen LogP contribution in [0.2, 0.25) is 0 Å². The molecule has 0 aliphatic heterocycles. The molecule has 1 fully saturated rings. The highest BCUT2D eigenvalue weighted by atomic mass is 19.4. The molecule has 4 aromatic carbocycles. The van der Waals surface area contributed by atoms with Crippen LogP contribution in [-0.2, 0) is 17.8 Å². The fraction of sp³-hybridized carbons (Fsp3) is 0.226. The number of halogens is 6.